The average Bonchev–Trinajstić information content (AvgIpc) is 3.38. The number of imidazole rings is 1. The Labute approximate surface area is 202 Å². The van der Waals surface area contributed by atoms with Crippen molar-refractivity contribution in [1.82, 2.24) is 29.7 Å². The molecule has 1 amide bonds. The number of hydrogen-bond donors (Lipinski definition) is 3. The summed E-state index contributed by atoms with van der Waals surface area (Å²) in [6.45, 7) is 3.81. The van der Waals surface area contributed by atoms with Crippen molar-refractivity contribution in [3.05, 3.63) is 41.7 Å². The van der Waals surface area contributed by atoms with Gasteiger partial charge in [0.25, 0.3) is 0 Å². The molecule has 1 aliphatic carbocycles. The predicted octanol–water partition coefficient (Wildman–Crippen LogP) is 0.988. The van der Waals surface area contributed by atoms with Gasteiger partial charge in [0, 0.05) is 42.5 Å². The number of amides is 1. The maximum Gasteiger partial charge on any atom is 0.242 e. The summed E-state index contributed by atoms with van der Waals surface area (Å²) in [5.74, 6) is -0.0261. The normalized spacial score (nSPS) is 22.5. The zero-order valence-corrected chi connectivity index (χ0v) is 19.6. The third-order valence-corrected chi connectivity index (χ3v) is 7.44. The number of anilines is 2. The number of hydrogen-bond acceptors (Lipinski definition) is 8. The Balaban J connectivity index is 1.37. The van der Waals surface area contributed by atoms with Gasteiger partial charge in [-0.05, 0) is 50.9 Å². The number of carbonyl (C=O) groups is 1. The van der Waals surface area contributed by atoms with Gasteiger partial charge in [-0.1, -0.05) is 0 Å². The molecule has 0 radical (unpaired) electrons. The van der Waals surface area contributed by atoms with Crippen molar-refractivity contribution >= 4 is 28.6 Å². The quantitative estimate of drug-likeness (QED) is 0.457. The molecule has 3 aliphatic rings. The summed E-state index contributed by atoms with van der Waals surface area (Å²) in [4.78, 5) is 30.0. The predicted molar refractivity (Wildman–Crippen MR) is 130 cm³/mol. The van der Waals surface area contributed by atoms with Crippen LogP contribution >= 0.6 is 0 Å². The van der Waals surface area contributed by atoms with Crippen LogP contribution in [0.25, 0.3) is 11.2 Å². The zero-order chi connectivity index (χ0) is 24.2. The maximum absolute atomic E-state index is 15.3. The molecule has 35 heavy (non-hydrogen) atoms. The summed E-state index contributed by atoms with van der Waals surface area (Å²) in [7, 11) is 0. The number of carbonyl (C=O) groups excluding carboxylic acids is 1. The van der Waals surface area contributed by atoms with Crippen LogP contribution in [0.1, 0.15) is 36.8 Å². The number of nitrogens with two attached hydrogens (primary N) is 2. The topological polar surface area (TPSA) is 131 Å². The number of halogens is 1. The van der Waals surface area contributed by atoms with Crippen molar-refractivity contribution in [3.8, 4) is 0 Å². The third-order valence-electron chi connectivity index (χ3n) is 7.44. The average molecular weight is 480 g/mol. The number of nitrogens with zero attached hydrogens (tertiary/aromatic N) is 6. The molecule has 5 N–H and O–H groups in total. The van der Waals surface area contributed by atoms with Crippen LogP contribution in [0, 0.1) is 5.82 Å². The molecule has 1 aromatic carbocycles. The molecule has 4 heterocycles. The minimum Gasteiger partial charge on any atom is -0.382 e. The molecule has 3 fully saturated rings. The fraction of sp³-hybridized carbons (Fsp3) is 0.500. The van der Waals surface area contributed by atoms with Gasteiger partial charge in [-0.3, -0.25) is 9.69 Å². The Bertz CT molecular complexity index is 1290. The zero-order valence-electron chi connectivity index (χ0n) is 19.6. The van der Waals surface area contributed by atoms with Gasteiger partial charge in [0.1, 0.15) is 23.2 Å². The molecule has 0 bridgehead atoms. The number of nitrogens with one attached hydrogen (secondary N) is 1. The van der Waals surface area contributed by atoms with Crippen LogP contribution in [0.5, 0.6) is 0 Å². The Hall–Kier alpha value is -3.31. The van der Waals surface area contributed by atoms with Gasteiger partial charge in [0.05, 0.1) is 12.9 Å². The smallest absolute Gasteiger partial charge is 0.242 e. The number of rotatable bonds is 7. The fourth-order valence-electron chi connectivity index (χ4n) is 5.02. The second-order valence-electron chi connectivity index (χ2n) is 10.0. The van der Waals surface area contributed by atoms with E-state index < -0.39 is 5.54 Å². The summed E-state index contributed by atoms with van der Waals surface area (Å²) in [6.07, 6.45) is 6.77. The summed E-state index contributed by atoms with van der Waals surface area (Å²) in [6, 6.07) is 3.59. The highest BCUT2D eigenvalue weighted by Gasteiger charge is 2.43. The molecule has 11 heteroatoms. The van der Waals surface area contributed by atoms with Crippen LogP contribution < -0.4 is 21.7 Å². The van der Waals surface area contributed by atoms with Crippen LogP contribution in [0.15, 0.2) is 24.8 Å². The summed E-state index contributed by atoms with van der Waals surface area (Å²) in [5, 5.41) is 3.05. The largest absolute Gasteiger partial charge is 0.382 e. The number of benzene rings is 1. The van der Waals surface area contributed by atoms with Gasteiger partial charge in [-0.15, -0.1) is 0 Å². The highest BCUT2D eigenvalue weighted by molar-refractivity contribution is 5.88. The standard InChI is InChI=1S/C24H30FN9O/c25-18-4-5-19(33-9-6-24(27,12-33)23(35)31-15-2-3-15)17(16(18)10-32-7-1-8-32)11-34-14-30-20-21(26)28-13-29-22(20)34/h4-5,13-15H,1-3,6-12,27H2,(H,31,35)(H2,26,28,29). The van der Waals surface area contributed by atoms with Crippen LogP contribution in [-0.2, 0) is 17.9 Å². The number of fused-ring (bicyclic) bond motifs is 1. The highest BCUT2D eigenvalue weighted by Crippen LogP contribution is 2.34. The lowest BCUT2D eigenvalue weighted by Crippen LogP contribution is -2.56. The Morgan fingerprint density at radius 2 is 1.97 bits per heavy atom. The minimum absolute atomic E-state index is 0.0975. The number of aromatic nitrogens is 4. The SMILES string of the molecule is Nc1ncnc2c1ncn2Cc1c(N2CCC(N)(C(=O)NC3CC3)C2)ccc(F)c1CN1CCC1. The molecule has 1 saturated carbocycles. The third kappa shape index (κ3) is 4.08. The van der Waals surface area contributed by atoms with E-state index in [1.165, 1.54) is 12.4 Å². The van der Waals surface area contributed by atoms with Crippen LogP contribution in [0.2, 0.25) is 0 Å². The summed E-state index contributed by atoms with van der Waals surface area (Å²) < 4.78 is 17.1. The van der Waals surface area contributed by atoms with Crippen LogP contribution in [0.3, 0.4) is 0 Å². The molecule has 184 valence electrons. The first kappa shape index (κ1) is 22.2. The van der Waals surface area contributed by atoms with E-state index in [0.29, 0.717) is 55.1 Å². The number of likely N-dealkylation sites (tertiary alicyclic amines) is 1. The van der Waals surface area contributed by atoms with Gasteiger partial charge in [-0.25, -0.2) is 19.3 Å². The van der Waals surface area contributed by atoms with E-state index in [2.05, 4.69) is 30.1 Å². The van der Waals surface area contributed by atoms with Crippen LogP contribution in [-0.4, -0.2) is 68.1 Å². The lowest BCUT2D eigenvalue weighted by Gasteiger charge is -2.33. The second-order valence-corrected chi connectivity index (χ2v) is 10.0. The maximum atomic E-state index is 15.3. The molecule has 10 nitrogen and oxygen atoms in total. The lowest BCUT2D eigenvalue weighted by molar-refractivity contribution is -0.125. The van der Waals surface area contributed by atoms with E-state index in [4.69, 9.17) is 11.5 Å². The van der Waals surface area contributed by atoms with Gasteiger partial charge in [-0.2, -0.15) is 0 Å². The first-order valence-corrected chi connectivity index (χ1v) is 12.2. The van der Waals surface area contributed by atoms with Crippen molar-refractivity contribution in [2.45, 2.75) is 50.4 Å². The van der Waals surface area contributed by atoms with E-state index in [0.717, 1.165) is 43.6 Å². The van der Waals surface area contributed by atoms with Crippen molar-refractivity contribution in [1.29, 1.82) is 0 Å². The van der Waals surface area contributed by atoms with E-state index in [9.17, 15) is 4.79 Å². The minimum atomic E-state index is -0.963. The summed E-state index contributed by atoms with van der Waals surface area (Å²) >= 11 is 0. The Morgan fingerprint density at radius 3 is 2.71 bits per heavy atom. The summed E-state index contributed by atoms with van der Waals surface area (Å²) in [5.41, 5.74) is 15.1. The molecule has 6 rings (SSSR count). The monoisotopic (exact) mass is 479 g/mol. The second kappa shape index (κ2) is 8.42. The van der Waals surface area contributed by atoms with E-state index >= 15 is 4.39 Å². The van der Waals surface area contributed by atoms with Crippen molar-refractivity contribution < 1.29 is 9.18 Å². The first-order chi connectivity index (χ1) is 16.9. The molecule has 3 aromatic rings. The van der Waals surface area contributed by atoms with Gasteiger partial charge in [0.2, 0.25) is 5.91 Å². The highest BCUT2D eigenvalue weighted by atomic mass is 19.1. The van der Waals surface area contributed by atoms with Gasteiger partial charge >= 0.3 is 0 Å². The first-order valence-electron chi connectivity index (χ1n) is 12.2. The molecule has 1 unspecified atom stereocenters. The molecule has 1 atom stereocenters. The molecular formula is C24H30FN9O. The fourth-order valence-corrected chi connectivity index (χ4v) is 5.02. The van der Waals surface area contributed by atoms with Crippen LogP contribution in [0.4, 0.5) is 15.9 Å². The van der Waals surface area contributed by atoms with Crippen molar-refractivity contribution in [3.63, 3.8) is 0 Å². The van der Waals surface area contributed by atoms with Gasteiger partial charge in [0.15, 0.2) is 11.5 Å². The Kier molecular flexibility index (Phi) is 5.33. The molecular weight excluding hydrogens is 449 g/mol. The van der Waals surface area contributed by atoms with Crippen molar-refractivity contribution in [2.24, 2.45) is 5.73 Å². The van der Waals surface area contributed by atoms with Gasteiger partial charge < -0.3 is 26.3 Å². The Morgan fingerprint density at radius 1 is 1.14 bits per heavy atom. The molecule has 2 aromatic heterocycles. The van der Waals surface area contributed by atoms with E-state index in [1.807, 2.05) is 4.57 Å². The van der Waals surface area contributed by atoms with E-state index in [-0.39, 0.29) is 17.8 Å². The molecule has 2 saturated heterocycles. The lowest BCUT2D eigenvalue weighted by atomic mass is 9.98. The molecule has 0 spiro atoms. The van der Waals surface area contributed by atoms with Crippen molar-refractivity contribution in [2.75, 3.05) is 36.8 Å². The number of nitrogen functional groups attached to an aromatic ring is 1. The molecule has 2 aliphatic heterocycles. The van der Waals surface area contributed by atoms with E-state index in [1.54, 1.807) is 12.4 Å².